The first kappa shape index (κ1) is 16.0. The predicted octanol–water partition coefficient (Wildman–Crippen LogP) is 3.83. The molecule has 1 aromatic carbocycles. The van der Waals surface area contributed by atoms with Crippen molar-refractivity contribution in [1.29, 1.82) is 0 Å². The molecule has 1 heterocycles. The summed E-state index contributed by atoms with van der Waals surface area (Å²) in [7, 11) is 0. The lowest BCUT2D eigenvalue weighted by Crippen LogP contribution is -2.05. The van der Waals surface area contributed by atoms with Crippen molar-refractivity contribution in [3.05, 3.63) is 59.3 Å². The van der Waals surface area contributed by atoms with E-state index in [2.05, 4.69) is 16.8 Å². The molecule has 114 valence electrons. The number of hydrogen-bond acceptors (Lipinski definition) is 5. The highest BCUT2D eigenvalue weighted by atomic mass is 35.5. The van der Waals surface area contributed by atoms with Crippen LogP contribution in [0.2, 0.25) is 5.15 Å². The molecule has 0 bridgehead atoms. The third-order valence-electron chi connectivity index (χ3n) is 2.76. The summed E-state index contributed by atoms with van der Waals surface area (Å²) in [5.74, 6) is 0.522. The molecular formula is C16H15ClN2O3. The smallest absolute Gasteiger partial charge is 0.338 e. The second kappa shape index (κ2) is 7.56. The Kier molecular flexibility index (Phi) is 5.49. The number of carbonyl (C=O) groups is 1. The molecule has 22 heavy (non-hydrogen) atoms. The minimum absolute atomic E-state index is 0.288. The molecule has 0 spiro atoms. The zero-order chi connectivity index (χ0) is 15.9. The van der Waals surface area contributed by atoms with Crippen molar-refractivity contribution in [3.8, 4) is 11.6 Å². The Balaban J connectivity index is 2.28. The van der Waals surface area contributed by atoms with Gasteiger partial charge in [-0.05, 0) is 43.2 Å². The Labute approximate surface area is 133 Å². The van der Waals surface area contributed by atoms with Crippen molar-refractivity contribution in [3.63, 3.8) is 0 Å². The lowest BCUT2D eigenvalue weighted by molar-refractivity contribution is 0.0526. The normalized spacial score (nSPS) is 10.1. The van der Waals surface area contributed by atoms with E-state index in [0.717, 1.165) is 5.56 Å². The molecule has 0 aliphatic heterocycles. The van der Waals surface area contributed by atoms with Gasteiger partial charge in [-0.1, -0.05) is 17.7 Å². The average Bonchev–Trinajstić information content (AvgIpc) is 2.51. The maximum atomic E-state index is 11.8. The van der Waals surface area contributed by atoms with Crippen molar-refractivity contribution in [2.24, 2.45) is 0 Å². The standard InChI is InChI=1S/C16H15ClN2O3/c1-3-5-11-10-12(16(20)21-4-2)6-7-13(11)22-15-9-8-14(17)18-19-15/h3,6-10H,1,4-5H2,2H3. The maximum absolute atomic E-state index is 11.8. The van der Waals surface area contributed by atoms with Crippen LogP contribution in [0.5, 0.6) is 11.6 Å². The Morgan fingerprint density at radius 1 is 1.32 bits per heavy atom. The van der Waals surface area contributed by atoms with Gasteiger partial charge in [-0.3, -0.25) is 0 Å². The van der Waals surface area contributed by atoms with Crippen molar-refractivity contribution in [1.82, 2.24) is 10.2 Å². The number of hydrogen-bond donors (Lipinski definition) is 0. The zero-order valence-electron chi connectivity index (χ0n) is 12.1. The number of allylic oxidation sites excluding steroid dienone is 1. The second-order valence-corrected chi connectivity index (χ2v) is 4.72. The Bertz CT molecular complexity index is 672. The molecule has 0 amide bonds. The van der Waals surface area contributed by atoms with Crippen LogP contribution in [0.25, 0.3) is 0 Å². The van der Waals surface area contributed by atoms with E-state index in [4.69, 9.17) is 21.1 Å². The average molecular weight is 319 g/mol. The highest BCUT2D eigenvalue weighted by Crippen LogP contribution is 2.26. The van der Waals surface area contributed by atoms with Crippen LogP contribution in [-0.2, 0) is 11.2 Å². The summed E-state index contributed by atoms with van der Waals surface area (Å²) in [6.07, 6.45) is 2.27. The van der Waals surface area contributed by atoms with Crippen LogP contribution in [0.1, 0.15) is 22.8 Å². The minimum Gasteiger partial charge on any atom is -0.462 e. The van der Waals surface area contributed by atoms with Crippen LogP contribution < -0.4 is 4.74 Å². The van der Waals surface area contributed by atoms with Crippen molar-refractivity contribution >= 4 is 17.6 Å². The summed E-state index contributed by atoms with van der Waals surface area (Å²) < 4.78 is 10.7. The van der Waals surface area contributed by atoms with Crippen LogP contribution >= 0.6 is 11.6 Å². The first-order valence-corrected chi connectivity index (χ1v) is 7.10. The summed E-state index contributed by atoms with van der Waals surface area (Å²) >= 11 is 5.69. The van der Waals surface area contributed by atoms with Gasteiger partial charge in [-0.2, -0.15) is 0 Å². The molecule has 2 aromatic rings. The minimum atomic E-state index is -0.370. The molecule has 2 rings (SSSR count). The fraction of sp³-hybridized carbons (Fsp3) is 0.188. The first-order chi connectivity index (χ1) is 10.6. The van der Waals surface area contributed by atoms with Gasteiger partial charge in [0.05, 0.1) is 12.2 Å². The second-order valence-electron chi connectivity index (χ2n) is 4.33. The Morgan fingerprint density at radius 2 is 2.14 bits per heavy atom. The number of benzene rings is 1. The number of aromatic nitrogens is 2. The van der Waals surface area contributed by atoms with Gasteiger partial charge in [-0.25, -0.2) is 4.79 Å². The third kappa shape index (κ3) is 4.05. The molecule has 0 atom stereocenters. The number of carbonyl (C=O) groups excluding carboxylic acids is 1. The molecule has 0 saturated carbocycles. The summed E-state index contributed by atoms with van der Waals surface area (Å²) in [4.78, 5) is 11.8. The van der Waals surface area contributed by atoms with Gasteiger partial charge in [0.2, 0.25) is 5.88 Å². The van der Waals surface area contributed by atoms with E-state index in [9.17, 15) is 4.79 Å². The van der Waals surface area contributed by atoms with E-state index in [1.807, 2.05) is 0 Å². The Morgan fingerprint density at radius 3 is 2.77 bits per heavy atom. The third-order valence-corrected chi connectivity index (χ3v) is 2.96. The number of nitrogens with zero attached hydrogens (tertiary/aromatic N) is 2. The van der Waals surface area contributed by atoms with Crippen LogP contribution in [0.4, 0.5) is 0 Å². The number of halogens is 1. The largest absolute Gasteiger partial charge is 0.462 e. The quantitative estimate of drug-likeness (QED) is 0.598. The first-order valence-electron chi connectivity index (χ1n) is 6.72. The summed E-state index contributed by atoms with van der Waals surface area (Å²) in [5.41, 5.74) is 1.27. The van der Waals surface area contributed by atoms with Crippen LogP contribution in [0, 0.1) is 0 Å². The Hall–Kier alpha value is -2.40. The van der Waals surface area contributed by atoms with Gasteiger partial charge in [0.25, 0.3) is 0 Å². The van der Waals surface area contributed by atoms with E-state index in [1.54, 1.807) is 43.3 Å². The summed E-state index contributed by atoms with van der Waals surface area (Å²) in [5, 5.41) is 7.85. The molecular weight excluding hydrogens is 304 g/mol. The fourth-order valence-electron chi connectivity index (χ4n) is 1.81. The fourth-order valence-corrected chi connectivity index (χ4v) is 1.91. The highest BCUT2D eigenvalue weighted by Gasteiger charge is 2.12. The molecule has 6 heteroatoms. The van der Waals surface area contributed by atoms with Crippen molar-refractivity contribution in [2.75, 3.05) is 6.61 Å². The van der Waals surface area contributed by atoms with E-state index < -0.39 is 0 Å². The topological polar surface area (TPSA) is 61.3 Å². The summed E-state index contributed by atoms with van der Waals surface area (Å²) in [6.45, 7) is 5.80. The van der Waals surface area contributed by atoms with E-state index >= 15 is 0 Å². The van der Waals surface area contributed by atoms with Gasteiger partial charge in [-0.15, -0.1) is 16.8 Å². The SMILES string of the molecule is C=CCc1cc(C(=O)OCC)ccc1Oc1ccc(Cl)nn1. The highest BCUT2D eigenvalue weighted by molar-refractivity contribution is 6.29. The number of ether oxygens (including phenoxy) is 2. The van der Waals surface area contributed by atoms with Gasteiger partial charge in [0.1, 0.15) is 5.75 Å². The maximum Gasteiger partial charge on any atom is 0.338 e. The molecule has 0 unspecified atom stereocenters. The van der Waals surface area contributed by atoms with Gasteiger partial charge < -0.3 is 9.47 Å². The van der Waals surface area contributed by atoms with E-state index in [-0.39, 0.29) is 11.1 Å². The van der Waals surface area contributed by atoms with Gasteiger partial charge in [0, 0.05) is 6.07 Å². The molecule has 0 N–H and O–H groups in total. The zero-order valence-corrected chi connectivity index (χ0v) is 12.8. The number of rotatable bonds is 6. The molecule has 1 aromatic heterocycles. The molecule has 0 aliphatic rings. The molecule has 0 aliphatic carbocycles. The molecule has 5 nitrogen and oxygen atoms in total. The van der Waals surface area contributed by atoms with E-state index in [1.165, 1.54) is 0 Å². The van der Waals surface area contributed by atoms with Crippen molar-refractivity contribution in [2.45, 2.75) is 13.3 Å². The lowest BCUT2D eigenvalue weighted by Gasteiger charge is -2.11. The van der Waals surface area contributed by atoms with Crippen LogP contribution in [0.15, 0.2) is 43.0 Å². The molecule has 0 radical (unpaired) electrons. The molecule has 0 fully saturated rings. The molecule has 0 saturated heterocycles. The van der Waals surface area contributed by atoms with Gasteiger partial charge in [0.15, 0.2) is 5.15 Å². The van der Waals surface area contributed by atoms with Crippen molar-refractivity contribution < 1.29 is 14.3 Å². The van der Waals surface area contributed by atoms with Crippen LogP contribution in [-0.4, -0.2) is 22.8 Å². The van der Waals surface area contributed by atoms with Crippen LogP contribution in [0.3, 0.4) is 0 Å². The lowest BCUT2D eigenvalue weighted by atomic mass is 10.1. The number of esters is 1. The van der Waals surface area contributed by atoms with Gasteiger partial charge >= 0.3 is 5.97 Å². The monoisotopic (exact) mass is 318 g/mol. The van der Waals surface area contributed by atoms with E-state index in [0.29, 0.717) is 30.2 Å². The predicted molar refractivity (Wildman–Crippen MR) is 83.4 cm³/mol. The summed E-state index contributed by atoms with van der Waals surface area (Å²) in [6, 6.07) is 8.26.